The topological polar surface area (TPSA) is 61.4 Å². The van der Waals surface area contributed by atoms with Crippen LogP contribution in [0.3, 0.4) is 0 Å². The monoisotopic (exact) mass is 348 g/mol. The molecule has 0 aromatic heterocycles. The smallest absolute Gasteiger partial charge is 0.319 e. The average Bonchev–Trinajstić information content (AvgIpc) is 2.48. The summed E-state index contributed by atoms with van der Waals surface area (Å²) in [6, 6.07) is 12.9. The Labute approximate surface area is 132 Å². The summed E-state index contributed by atoms with van der Waals surface area (Å²) in [4.78, 5) is 11.9. The lowest BCUT2D eigenvalue weighted by Crippen LogP contribution is -2.28. The minimum atomic E-state index is -0.285. The molecule has 0 atom stereocenters. The second-order valence-electron chi connectivity index (χ2n) is 4.72. The Morgan fingerprint density at radius 2 is 1.90 bits per heavy atom. The number of urea groups is 1. The van der Waals surface area contributed by atoms with Crippen molar-refractivity contribution in [3.05, 3.63) is 63.6 Å². The van der Waals surface area contributed by atoms with E-state index in [2.05, 4.69) is 26.6 Å². The third-order valence-corrected chi connectivity index (χ3v) is 3.76. The lowest BCUT2D eigenvalue weighted by molar-refractivity contribution is 0.251. The molecule has 0 unspecified atom stereocenters. The van der Waals surface area contributed by atoms with E-state index in [0.717, 1.165) is 21.2 Å². The molecular formula is C16H17BrN2O2. The Kier molecular flexibility index (Phi) is 5.36. The van der Waals surface area contributed by atoms with Crippen LogP contribution in [0.25, 0.3) is 0 Å². The van der Waals surface area contributed by atoms with Gasteiger partial charge in [-0.15, -0.1) is 0 Å². The molecule has 0 spiro atoms. The molecule has 110 valence electrons. The maximum atomic E-state index is 11.9. The Bertz CT molecular complexity index is 644. The number of amides is 2. The van der Waals surface area contributed by atoms with Crippen LogP contribution in [0.4, 0.5) is 10.5 Å². The second kappa shape index (κ2) is 7.24. The van der Waals surface area contributed by atoms with Gasteiger partial charge in [-0.3, -0.25) is 0 Å². The van der Waals surface area contributed by atoms with Gasteiger partial charge in [0.25, 0.3) is 0 Å². The molecule has 0 saturated heterocycles. The molecule has 0 aliphatic carbocycles. The summed E-state index contributed by atoms with van der Waals surface area (Å²) in [5.41, 5.74) is 3.55. The lowest BCUT2D eigenvalue weighted by Gasteiger charge is -2.11. The van der Waals surface area contributed by atoms with Crippen LogP contribution in [0.15, 0.2) is 46.9 Å². The standard InChI is InChI=1S/C16H17BrN2O2/c1-11-6-7-15(14(17)8-11)19-16(21)18-9-12-4-2-3-5-13(12)10-20/h2-8,20H,9-10H2,1H3,(H2,18,19,21). The first-order valence-corrected chi connectivity index (χ1v) is 7.38. The number of hydrogen-bond donors (Lipinski definition) is 3. The van der Waals surface area contributed by atoms with Crippen molar-refractivity contribution >= 4 is 27.6 Å². The fourth-order valence-corrected chi connectivity index (χ4v) is 2.54. The van der Waals surface area contributed by atoms with E-state index in [-0.39, 0.29) is 12.6 Å². The Balaban J connectivity index is 1.96. The van der Waals surface area contributed by atoms with Crippen LogP contribution in [0.1, 0.15) is 16.7 Å². The van der Waals surface area contributed by atoms with Gasteiger partial charge in [0, 0.05) is 11.0 Å². The number of carbonyl (C=O) groups is 1. The van der Waals surface area contributed by atoms with Gasteiger partial charge in [0.2, 0.25) is 0 Å². The zero-order valence-electron chi connectivity index (χ0n) is 11.7. The van der Waals surface area contributed by atoms with Crippen LogP contribution < -0.4 is 10.6 Å². The van der Waals surface area contributed by atoms with Gasteiger partial charge in [0.05, 0.1) is 12.3 Å². The fourth-order valence-electron chi connectivity index (χ4n) is 1.95. The number of nitrogens with one attached hydrogen (secondary N) is 2. The number of aliphatic hydroxyl groups is 1. The number of halogens is 1. The molecule has 0 heterocycles. The zero-order valence-corrected chi connectivity index (χ0v) is 13.3. The van der Waals surface area contributed by atoms with Crippen LogP contribution in [0.2, 0.25) is 0 Å². The quantitative estimate of drug-likeness (QED) is 0.790. The van der Waals surface area contributed by atoms with Crippen molar-refractivity contribution in [3.8, 4) is 0 Å². The third kappa shape index (κ3) is 4.31. The number of anilines is 1. The van der Waals surface area contributed by atoms with Crippen LogP contribution in [-0.2, 0) is 13.2 Å². The molecule has 2 aromatic carbocycles. The van der Waals surface area contributed by atoms with Crippen LogP contribution in [-0.4, -0.2) is 11.1 Å². The van der Waals surface area contributed by atoms with E-state index >= 15 is 0 Å². The molecule has 0 radical (unpaired) electrons. The number of carbonyl (C=O) groups excluding carboxylic acids is 1. The van der Waals surface area contributed by atoms with E-state index in [9.17, 15) is 9.90 Å². The first kappa shape index (κ1) is 15.5. The number of hydrogen-bond acceptors (Lipinski definition) is 2. The highest BCUT2D eigenvalue weighted by molar-refractivity contribution is 9.10. The van der Waals surface area contributed by atoms with Crippen molar-refractivity contribution < 1.29 is 9.90 Å². The Hall–Kier alpha value is -1.85. The summed E-state index contributed by atoms with van der Waals surface area (Å²) in [5, 5.41) is 14.8. The van der Waals surface area contributed by atoms with E-state index < -0.39 is 0 Å². The molecule has 0 aliphatic rings. The maximum Gasteiger partial charge on any atom is 0.319 e. The maximum absolute atomic E-state index is 11.9. The van der Waals surface area contributed by atoms with Gasteiger partial charge in [0.1, 0.15) is 0 Å². The van der Waals surface area contributed by atoms with Crippen LogP contribution >= 0.6 is 15.9 Å². The highest BCUT2D eigenvalue weighted by Crippen LogP contribution is 2.23. The highest BCUT2D eigenvalue weighted by atomic mass is 79.9. The number of benzene rings is 2. The van der Waals surface area contributed by atoms with E-state index in [1.807, 2.05) is 49.4 Å². The van der Waals surface area contributed by atoms with Crippen molar-refractivity contribution in [1.82, 2.24) is 5.32 Å². The number of aliphatic hydroxyl groups excluding tert-OH is 1. The number of aryl methyl sites for hydroxylation is 1. The van der Waals surface area contributed by atoms with Gasteiger partial charge in [-0.25, -0.2) is 4.79 Å². The molecule has 2 rings (SSSR count). The first-order chi connectivity index (χ1) is 10.1. The summed E-state index contributed by atoms with van der Waals surface area (Å²) >= 11 is 3.42. The van der Waals surface area contributed by atoms with Gasteiger partial charge in [0.15, 0.2) is 0 Å². The van der Waals surface area contributed by atoms with Gasteiger partial charge in [-0.1, -0.05) is 30.3 Å². The molecule has 4 nitrogen and oxygen atoms in total. The summed E-state index contributed by atoms with van der Waals surface area (Å²) in [6.07, 6.45) is 0. The summed E-state index contributed by atoms with van der Waals surface area (Å²) < 4.78 is 0.841. The van der Waals surface area contributed by atoms with E-state index in [1.165, 1.54) is 0 Å². The molecule has 0 aliphatic heterocycles. The van der Waals surface area contributed by atoms with Gasteiger partial charge >= 0.3 is 6.03 Å². The van der Waals surface area contributed by atoms with Crippen molar-refractivity contribution in [2.24, 2.45) is 0 Å². The largest absolute Gasteiger partial charge is 0.392 e. The van der Waals surface area contributed by atoms with Crippen LogP contribution in [0, 0.1) is 6.92 Å². The van der Waals surface area contributed by atoms with E-state index in [1.54, 1.807) is 0 Å². The average molecular weight is 349 g/mol. The first-order valence-electron chi connectivity index (χ1n) is 6.59. The molecular weight excluding hydrogens is 332 g/mol. The molecule has 0 saturated carbocycles. The van der Waals surface area contributed by atoms with Gasteiger partial charge in [-0.05, 0) is 51.7 Å². The Morgan fingerprint density at radius 1 is 1.19 bits per heavy atom. The Morgan fingerprint density at radius 3 is 2.57 bits per heavy atom. The minimum absolute atomic E-state index is 0.0387. The molecule has 5 heteroatoms. The van der Waals surface area contributed by atoms with Gasteiger partial charge in [-0.2, -0.15) is 0 Å². The van der Waals surface area contributed by atoms with Gasteiger partial charge < -0.3 is 15.7 Å². The predicted octanol–water partition coefficient (Wildman–Crippen LogP) is 3.57. The molecule has 3 N–H and O–H groups in total. The van der Waals surface area contributed by atoms with E-state index in [0.29, 0.717) is 12.2 Å². The molecule has 2 amide bonds. The third-order valence-electron chi connectivity index (χ3n) is 3.10. The van der Waals surface area contributed by atoms with E-state index in [4.69, 9.17) is 0 Å². The molecule has 0 bridgehead atoms. The molecule has 21 heavy (non-hydrogen) atoms. The SMILES string of the molecule is Cc1ccc(NC(=O)NCc2ccccc2CO)c(Br)c1. The van der Waals surface area contributed by atoms with Crippen LogP contribution in [0.5, 0.6) is 0 Å². The lowest BCUT2D eigenvalue weighted by atomic mass is 10.1. The second-order valence-corrected chi connectivity index (χ2v) is 5.57. The summed E-state index contributed by atoms with van der Waals surface area (Å²) in [5.74, 6) is 0. The fraction of sp³-hybridized carbons (Fsp3) is 0.188. The normalized spacial score (nSPS) is 10.2. The zero-order chi connectivity index (χ0) is 15.2. The van der Waals surface area contributed by atoms with Crippen molar-refractivity contribution in [1.29, 1.82) is 0 Å². The molecule has 2 aromatic rings. The summed E-state index contributed by atoms with van der Waals surface area (Å²) in [7, 11) is 0. The van der Waals surface area contributed by atoms with Crippen molar-refractivity contribution in [2.45, 2.75) is 20.1 Å². The molecule has 0 fully saturated rings. The highest BCUT2D eigenvalue weighted by Gasteiger charge is 2.06. The number of rotatable bonds is 4. The minimum Gasteiger partial charge on any atom is -0.392 e. The van der Waals surface area contributed by atoms with Crippen molar-refractivity contribution in [3.63, 3.8) is 0 Å². The van der Waals surface area contributed by atoms with Crippen molar-refractivity contribution in [2.75, 3.05) is 5.32 Å². The predicted molar refractivity (Wildman–Crippen MR) is 87.1 cm³/mol. The summed E-state index contributed by atoms with van der Waals surface area (Å²) in [6.45, 7) is 2.31.